The number of anilines is 2. The summed E-state index contributed by atoms with van der Waals surface area (Å²) < 4.78 is 0. The largest absolute Gasteiger partial charge is 0.367 e. The molecule has 0 spiro atoms. The molecule has 0 aromatic carbocycles. The minimum atomic E-state index is 0.0967. The van der Waals surface area contributed by atoms with Crippen LogP contribution in [0.4, 0.5) is 11.8 Å². The lowest BCUT2D eigenvalue weighted by Gasteiger charge is -2.19. The lowest BCUT2D eigenvalue weighted by atomic mass is 9.92. The normalized spacial score (nSPS) is 17.4. The van der Waals surface area contributed by atoms with Gasteiger partial charge >= 0.3 is 0 Å². The number of hydrogen-bond acceptors (Lipinski definition) is 5. The van der Waals surface area contributed by atoms with Crippen molar-refractivity contribution in [2.75, 3.05) is 22.9 Å². The SMILES string of the molecule is C=CCNc1nc(NC(C)CC)c2c(n1)C(C)(C)CS2. The van der Waals surface area contributed by atoms with Gasteiger partial charge in [0, 0.05) is 23.8 Å². The second kappa shape index (κ2) is 6.04. The highest BCUT2D eigenvalue weighted by molar-refractivity contribution is 7.99. The summed E-state index contributed by atoms with van der Waals surface area (Å²) in [5, 5.41) is 6.71. The maximum absolute atomic E-state index is 4.71. The third-order valence-electron chi connectivity index (χ3n) is 3.48. The summed E-state index contributed by atoms with van der Waals surface area (Å²) in [6.07, 6.45) is 2.89. The van der Waals surface area contributed by atoms with Gasteiger partial charge in [-0.15, -0.1) is 18.3 Å². The Morgan fingerprint density at radius 2 is 2.20 bits per heavy atom. The van der Waals surface area contributed by atoms with Gasteiger partial charge in [0.15, 0.2) is 0 Å². The molecule has 1 unspecified atom stereocenters. The van der Waals surface area contributed by atoms with E-state index in [0.717, 1.165) is 23.7 Å². The van der Waals surface area contributed by atoms with Crippen LogP contribution >= 0.6 is 11.8 Å². The van der Waals surface area contributed by atoms with Crippen LogP contribution in [0.15, 0.2) is 17.6 Å². The molecule has 2 heterocycles. The Morgan fingerprint density at radius 3 is 2.85 bits per heavy atom. The number of rotatable bonds is 6. The van der Waals surface area contributed by atoms with Gasteiger partial charge in [0.2, 0.25) is 5.95 Å². The van der Waals surface area contributed by atoms with Crippen molar-refractivity contribution in [3.8, 4) is 0 Å². The minimum Gasteiger partial charge on any atom is -0.367 e. The Labute approximate surface area is 125 Å². The van der Waals surface area contributed by atoms with Crippen LogP contribution in [0.2, 0.25) is 0 Å². The van der Waals surface area contributed by atoms with Gasteiger partial charge in [-0.2, -0.15) is 4.98 Å². The van der Waals surface area contributed by atoms with Gasteiger partial charge in [-0.1, -0.05) is 26.8 Å². The molecule has 1 aliphatic heterocycles. The summed E-state index contributed by atoms with van der Waals surface area (Å²) in [5.74, 6) is 2.70. The Morgan fingerprint density at radius 1 is 1.45 bits per heavy atom. The summed E-state index contributed by atoms with van der Waals surface area (Å²) >= 11 is 1.85. The van der Waals surface area contributed by atoms with E-state index in [2.05, 4.69) is 49.9 Å². The van der Waals surface area contributed by atoms with E-state index in [-0.39, 0.29) is 5.41 Å². The zero-order valence-corrected chi connectivity index (χ0v) is 13.6. The molecule has 1 atom stereocenters. The van der Waals surface area contributed by atoms with Gasteiger partial charge in [-0.25, -0.2) is 4.98 Å². The molecule has 110 valence electrons. The predicted octanol–water partition coefficient (Wildman–Crippen LogP) is 3.67. The molecule has 1 aromatic heterocycles. The molecule has 0 saturated heterocycles. The molecule has 5 heteroatoms. The summed E-state index contributed by atoms with van der Waals surface area (Å²) in [6.45, 7) is 13.2. The van der Waals surface area contributed by atoms with Crippen molar-refractivity contribution in [3.05, 3.63) is 18.3 Å². The van der Waals surface area contributed by atoms with Crippen LogP contribution < -0.4 is 10.6 Å². The molecule has 2 rings (SSSR count). The Bertz CT molecular complexity index is 499. The fourth-order valence-electron chi connectivity index (χ4n) is 2.04. The molecule has 0 fully saturated rings. The van der Waals surface area contributed by atoms with Crippen LogP contribution in [-0.2, 0) is 5.41 Å². The predicted molar refractivity (Wildman–Crippen MR) is 87.8 cm³/mol. The van der Waals surface area contributed by atoms with Gasteiger partial charge in [-0.05, 0) is 13.3 Å². The standard InChI is InChI=1S/C15H24N4S/c1-6-8-16-14-18-12-11(20-9-15(12,4)5)13(19-14)17-10(3)7-2/h6,10H,1,7-9H2,2-5H3,(H2,16,17,18,19). The number of aromatic nitrogens is 2. The first-order valence-corrected chi connectivity index (χ1v) is 8.13. The van der Waals surface area contributed by atoms with Gasteiger partial charge in [0.25, 0.3) is 0 Å². The van der Waals surface area contributed by atoms with Crippen LogP contribution in [0.5, 0.6) is 0 Å². The van der Waals surface area contributed by atoms with Crippen molar-refractivity contribution >= 4 is 23.5 Å². The Hall–Kier alpha value is -1.23. The highest BCUT2D eigenvalue weighted by atomic mass is 32.2. The van der Waals surface area contributed by atoms with E-state index in [4.69, 9.17) is 4.98 Å². The third-order valence-corrected chi connectivity index (χ3v) is 5.03. The molecule has 4 nitrogen and oxygen atoms in total. The molecule has 0 saturated carbocycles. The number of nitrogens with zero attached hydrogens (tertiary/aromatic N) is 2. The van der Waals surface area contributed by atoms with Crippen LogP contribution in [0.1, 0.15) is 39.8 Å². The molecular weight excluding hydrogens is 268 g/mol. The highest BCUT2D eigenvalue weighted by Gasteiger charge is 2.35. The van der Waals surface area contributed by atoms with E-state index >= 15 is 0 Å². The highest BCUT2D eigenvalue weighted by Crippen LogP contribution is 2.46. The average Bonchev–Trinajstić information content (AvgIpc) is 2.72. The van der Waals surface area contributed by atoms with E-state index in [1.807, 2.05) is 17.8 Å². The number of nitrogens with one attached hydrogen (secondary N) is 2. The van der Waals surface area contributed by atoms with Crippen molar-refractivity contribution in [2.24, 2.45) is 0 Å². The van der Waals surface area contributed by atoms with E-state index in [9.17, 15) is 0 Å². The fraction of sp³-hybridized carbons (Fsp3) is 0.600. The average molecular weight is 292 g/mol. The summed E-state index contributed by atoms with van der Waals surface area (Å²) in [6, 6.07) is 0.408. The quantitative estimate of drug-likeness (QED) is 0.784. The molecule has 0 aliphatic carbocycles. The zero-order valence-electron chi connectivity index (χ0n) is 12.8. The third kappa shape index (κ3) is 3.08. The molecule has 0 amide bonds. The lowest BCUT2D eigenvalue weighted by Crippen LogP contribution is -2.21. The molecule has 0 bridgehead atoms. The second-order valence-electron chi connectivity index (χ2n) is 5.87. The topological polar surface area (TPSA) is 49.8 Å². The molecular formula is C15H24N4S. The molecule has 2 N–H and O–H groups in total. The molecule has 20 heavy (non-hydrogen) atoms. The monoisotopic (exact) mass is 292 g/mol. The van der Waals surface area contributed by atoms with Crippen LogP contribution in [-0.4, -0.2) is 28.3 Å². The Balaban J connectivity index is 2.39. The van der Waals surface area contributed by atoms with Crippen LogP contribution in [0.3, 0.4) is 0 Å². The second-order valence-corrected chi connectivity index (χ2v) is 6.85. The van der Waals surface area contributed by atoms with Gasteiger partial charge in [-0.3, -0.25) is 0 Å². The van der Waals surface area contributed by atoms with Crippen molar-refractivity contribution < 1.29 is 0 Å². The summed E-state index contributed by atoms with van der Waals surface area (Å²) in [4.78, 5) is 10.5. The van der Waals surface area contributed by atoms with E-state index < -0.39 is 0 Å². The van der Waals surface area contributed by atoms with Crippen molar-refractivity contribution in [2.45, 2.75) is 50.5 Å². The zero-order chi connectivity index (χ0) is 14.8. The van der Waals surface area contributed by atoms with E-state index in [1.165, 1.54) is 4.90 Å². The molecule has 0 radical (unpaired) electrons. The van der Waals surface area contributed by atoms with Crippen molar-refractivity contribution in [1.82, 2.24) is 9.97 Å². The number of fused-ring (bicyclic) bond motifs is 1. The fourth-order valence-corrected chi connectivity index (χ4v) is 3.38. The van der Waals surface area contributed by atoms with Gasteiger partial charge in [0.1, 0.15) is 5.82 Å². The lowest BCUT2D eigenvalue weighted by molar-refractivity contribution is 0.579. The first kappa shape index (κ1) is 15.2. The van der Waals surface area contributed by atoms with Crippen molar-refractivity contribution in [3.63, 3.8) is 0 Å². The van der Waals surface area contributed by atoms with Crippen molar-refractivity contribution in [1.29, 1.82) is 0 Å². The van der Waals surface area contributed by atoms with Crippen LogP contribution in [0, 0.1) is 0 Å². The summed E-state index contributed by atoms with van der Waals surface area (Å²) in [5.41, 5.74) is 1.24. The van der Waals surface area contributed by atoms with Gasteiger partial charge < -0.3 is 10.6 Å². The minimum absolute atomic E-state index is 0.0967. The molecule has 1 aliphatic rings. The summed E-state index contributed by atoms with van der Waals surface area (Å²) in [7, 11) is 0. The smallest absolute Gasteiger partial charge is 0.225 e. The maximum atomic E-state index is 4.71. The van der Waals surface area contributed by atoms with E-state index in [1.54, 1.807) is 0 Å². The number of hydrogen-bond donors (Lipinski definition) is 2. The molecule has 1 aromatic rings. The van der Waals surface area contributed by atoms with E-state index in [0.29, 0.717) is 18.5 Å². The van der Waals surface area contributed by atoms with Crippen LogP contribution in [0.25, 0.3) is 0 Å². The Kier molecular flexibility index (Phi) is 4.58. The van der Waals surface area contributed by atoms with Gasteiger partial charge in [0.05, 0.1) is 10.6 Å². The number of thioether (sulfide) groups is 1. The first-order valence-electron chi connectivity index (χ1n) is 7.14. The maximum Gasteiger partial charge on any atom is 0.225 e. The first-order chi connectivity index (χ1) is 9.47.